The Morgan fingerprint density at radius 1 is 0.848 bits per heavy atom. The van der Waals surface area contributed by atoms with Crippen molar-refractivity contribution in [2.75, 3.05) is 36.8 Å². The van der Waals surface area contributed by atoms with Gasteiger partial charge in [-0.25, -0.2) is 28.9 Å². The van der Waals surface area contributed by atoms with Crippen molar-refractivity contribution in [3.05, 3.63) is 19.0 Å². The number of nitrogens with zero attached hydrogens (tertiary/aromatic N) is 8. The Hall–Kier alpha value is -3.47. The Balaban J connectivity index is 1.20. The zero-order valence-corrected chi connectivity index (χ0v) is 25.0. The van der Waals surface area contributed by atoms with Gasteiger partial charge in [-0.3, -0.25) is 22.7 Å². The SMILES string of the molecule is Nc1nc(N)c2ncn([C@@H]3O[C@@H]4COP(=O)(O)CO[C@@H]5C(O)[C@H](n6cnc7c(N)ncnc76)O[C@@H]5COP(=O)(O)OC3[C@H]4F)c2n1. The van der Waals surface area contributed by atoms with E-state index in [2.05, 4.69) is 29.9 Å². The van der Waals surface area contributed by atoms with Gasteiger partial charge in [0.15, 0.2) is 41.6 Å². The van der Waals surface area contributed by atoms with Crippen LogP contribution in [0.15, 0.2) is 19.0 Å². The van der Waals surface area contributed by atoms with Crippen LogP contribution in [0, 0.1) is 0 Å². The second kappa shape index (κ2) is 11.3. The number of phosphoric ester groups is 1. The monoisotopic (exact) mass is 689 g/mol. The molecule has 4 unspecified atom stereocenters. The zero-order valence-electron chi connectivity index (χ0n) is 23.2. The van der Waals surface area contributed by atoms with Crippen molar-refractivity contribution >= 4 is 55.3 Å². The minimum absolute atomic E-state index is 0.0218. The molecule has 3 fully saturated rings. The number of phosphoric acid groups is 1. The normalized spacial score (nSPS) is 37.4. The summed E-state index contributed by atoms with van der Waals surface area (Å²) < 4.78 is 77.1. The molecule has 0 amide bonds. The first-order valence-electron chi connectivity index (χ1n) is 13.4. The lowest BCUT2D eigenvalue weighted by atomic mass is 10.1. The van der Waals surface area contributed by atoms with Crippen molar-refractivity contribution in [1.82, 2.24) is 39.0 Å². The quantitative estimate of drug-likeness (QED) is 0.137. The number of hydrogen-bond donors (Lipinski definition) is 6. The van der Waals surface area contributed by atoms with Crippen LogP contribution in [0.1, 0.15) is 12.5 Å². The van der Waals surface area contributed by atoms with Gasteiger partial charge in [-0.05, 0) is 0 Å². The van der Waals surface area contributed by atoms with Gasteiger partial charge in [-0.15, -0.1) is 0 Å². The number of nitrogens with two attached hydrogens (primary N) is 3. The van der Waals surface area contributed by atoms with Gasteiger partial charge in [0.05, 0.1) is 25.9 Å². The molecule has 46 heavy (non-hydrogen) atoms. The number of aliphatic hydroxyl groups excluding tert-OH is 1. The highest BCUT2D eigenvalue weighted by Crippen LogP contribution is 2.52. The first-order valence-corrected chi connectivity index (χ1v) is 16.6. The van der Waals surface area contributed by atoms with Crippen LogP contribution in [-0.2, 0) is 36.9 Å². The Morgan fingerprint density at radius 3 is 2.28 bits per heavy atom. The molecular formula is C21H26FN11O11P2. The van der Waals surface area contributed by atoms with E-state index in [0.29, 0.717) is 0 Å². The molecule has 4 aromatic heterocycles. The molecule has 0 aliphatic carbocycles. The average Bonchev–Trinajstić information content (AvgIpc) is 3.75. The van der Waals surface area contributed by atoms with Crippen molar-refractivity contribution in [3.8, 4) is 0 Å². The minimum atomic E-state index is -5.14. The van der Waals surface area contributed by atoms with Gasteiger partial charge < -0.3 is 50.8 Å². The Kier molecular flexibility index (Phi) is 7.68. The molecule has 22 nitrogen and oxygen atoms in total. The molecule has 0 radical (unpaired) electrons. The predicted octanol–water partition coefficient (Wildman–Crippen LogP) is -1.03. The number of alkyl halides is 1. The molecule has 25 heteroatoms. The third-order valence-electron chi connectivity index (χ3n) is 7.50. The fraction of sp³-hybridized carbons (Fsp3) is 0.524. The van der Waals surface area contributed by atoms with Crippen molar-refractivity contribution in [3.63, 3.8) is 0 Å². The van der Waals surface area contributed by atoms with Gasteiger partial charge in [0.1, 0.15) is 54.2 Å². The molecule has 9 N–H and O–H groups in total. The minimum Gasteiger partial charge on any atom is -0.386 e. The summed E-state index contributed by atoms with van der Waals surface area (Å²) >= 11 is 0. The molecule has 7 rings (SSSR count). The summed E-state index contributed by atoms with van der Waals surface area (Å²) in [6.45, 7) is -1.60. The van der Waals surface area contributed by atoms with Crippen molar-refractivity contribution < 1.29 is 56.2 Å². The second-order valence-electron chi connectivity index (χ2n) is 10.5. The summed E-state index contributed by atoms with van der Waals surface area (Å²) in [6.07, 6.45) is -10.3. The van der Waals surface area contributed by atoms with E-state index in [9.17, 15) is 24.0 Å². The molecular weight excluding hydrogens is 663 g/mol. The van der Waals surface area contributed by atoms with Gasteiger partial charge in [-0.1, -0.05) is 0 Å². The number of halogens is 1. The number of aromatic nitrogens is 8. The molecule has 4 aromatic rings. The topological polar surface area (TPSA) is 315 Å². The molecule has 7 heterocycles. The molecule has 0 saturated carbocycles. The maximum absolute atomic E-state index is 15.8. The second-order valence-corrected chi connectivity index (χ2v) is 13.7. The van der Waals surface area contributed by atoms with Crippen molar-refractivity contribution in [2.45, 2.75) is 49.1 Å². The largest absolute Gasteiger partial charge is 0.472 e. The van der Waals surface area contributed by atoms with Gasteiger partial charge in [0.2, 0.25) is 5.95 Å². The highest BCUT2D eigenvalue weighted by molar-refractivity contribution is 7.52. The number of nitrogen functional groups attached to an aromatic ring is 3. The molecule has 2 bridgehead atoms. The van der Waals surface area contributed by atoms with E-state index in [4.69, 9.17) is 45.0 Å². The molecule has 0 aromatic carbocycles. The van der Waals surface area contributed by atoms with E-state index in [1.807, 2.05) is 0 Å². The van der Waals surface area contributed by atoms with E-state index in [-0.39, 0.29) is 39.9 Å². The smallest absolute Gasteiger partial charge is 0.386 e. The maximum atomic E-state index is 15.8. The number of ether oxygens (including phenoxy) is 3. The van der Waals surface area contributed by atoms with Crippen LogP contribution in [-0.4, -0.2) is 110 Å². The molecule has 3 saturated heterocycles. The van der Waals surface area contributed by atoms with Crippen LogP contribution in [0.25, 0.3) is 22.3 Å². The molecule has 10 atom stereocenters. The summed E-state index contributed by atoms with van der Waals surface area (Å²) in [5, 5.41) is 11.2. The van der Waals surface area contributed by atoms with E-state index in [1.165, 1.54) is 10.9 Å². The van der Waals surface area contributed by atoms with Crippen molar-refractivity contribution in [2.24, 2.45) is 0 Å². The van der Waals surface area contributed by atoms with Crippen LogP contribution in [0.2, 0.25) is 0 Å². The number of anilines is 3. The number of hydrogen-bond acceptors (Lipinski definition) is 18. The van der Waals surface area contributed by atoms with Gasteiger partial charge in [-0.2, -0.15) is 9.97 Å². The molecule has 0 spiro atoms. The summed E-state index contributed by atoms with van der Waals surface area (Å²) in [5.41, 5.74) is 17.8. The fourth-order valence-corrected chi connectivity index (χ4v) is 7.15. The highest BCUT2D eigenvalue weighted by Gasteiger charge is 2.53. The van der Waals surface area contributed by atoms with E-state index in [0.717, 1.165) is 17.2 Å². The molecule has 3 aliphatic heterocycles. The summed E-state index contributed by atoms with van der Waals surface area (Å²) in [7, 11) is -9.77. The van der Waals surface area contributed by atoms with Gasteiger partial charge in [0, 0.05) is 0 Å². The summed E-state index contributed by atoms with van der Waals surface area (Å²) in [5.74, 6) is -0.298. The lowest BCUT2D eigenvalue weighted by Gasteiger charge is -2.26. The summed E-state index contributed by atoms with van der Waals surface area (Å²) in [6, 6.07) is 0. The maximum Gasteiger partial charge on any atom is 0.472 e. The first kappa shape index (κ1) is 31.1. The van der Waals surface area contributed by atoms with Crippen molar-refractivity contribution in [1.29, 1.82) is 0 Å². The first-order chi connectivity index (χ1) is 21.8. The van der Waals surface area contributed by atoms with Gasteiger partial charge in [0.25, 0.3) is 0 Å². The number of fused-ring (bicyclic) bond motifs is 5. The average molecular weight is 689 g/mol. The highest BCUT2D eigenvalue weighted by atomic mass is 31.2. The molecule has 3 aliphatic rings. The van der Waals surface area contributed by atoms with E-state index >= 15 is 4.39 Å². The Labute approximate surface area is 255 Å². The lowest BCUT2D eigenvalue weighted by Crippen LogP contribution is -2.37. The fourth-order valence-electron chi connectivity index (χ4n) is 5.41. The standard InChI is InChI=1S/C21H26FN11O11P2/c22-9-7-1-40-45(35,36)6-39-13-8(43-19(12(13)34)32-4-28-10-15(23)26-3-27-17(10)32)2-41-46(37,38)44-14(9)20(42-7)33-5-29-11-16(24)30-21(25)31-18(11)33/h3-5,7-9,12-14,19-20,34H,1-2,6H2,(H,35,36)(H,37,38)(H2,23,26,27)(H4,24,25,30,31)/t7-,8-,9+,12?,13+,14?,19-,20-/m1/s1. The zero-order chi connectivity index (χ0) is 32.5. The third-order valence-corrected chi connectivity index (χ3v) is 9.52. The lowest BCUT2D eigenvalue weighted by molar-refractivity contribution is -0.0624. The third kappa shape index (κ3) is 5.48. The van der Waals surface area contributed by atoms with E-state index < -0.39 is 84.1 Å². The van der Waals surface area contributed by atoms with Crippen LogP contribution >= 0.6 is 15.4 Å². The van der Waals surface area contributed by atoms with Gasteiger partial charge >= 0.3 is 15.4 Å². The molecule has 248 valence electrons. The van der Waals surface area contributed by atoms with Crippen LogP contribution in [0.3, 0.4) is 0 Å². The van der Waals surface area contributed by atoms with Crippen LogP contribution < -0.4 is 17.2 Å². The predicted molar refractivity (Wildman–Crippen MR) is 149 cm³/mol. The Morgan fingerprint density at radius 2 is 1.52 bits per heavy atom. The number of rotatable bonds is 2. The number of aliphatic hydroxyl groups is 1. The Bertz CT molecular complexity index is 1900. The van der Waals surface area contributed by atoms with E-state index in [1.54, 1.807) is 0 Å². The van der Waals surface area contributed by atoms with Crippen LogP contribution in [0.4, 0.5) is 22.0 Å². The summed E-state index contributed by atoms with van der Waals surface area (Å²) in [4.78, 5) is 45.2. The number of imidazole rings is 2. The van der Waals surface area contributed by atoms with Crippen LogP contribution in [0.5, 0.6) is 0 Å².